The molecule has 7 fully saturated rings. The lowest BCUT2D eigenvalue weighted by Gasteiger charge is -2.50. The molecule has 0 aromatic rings. The number of nitrogens with zero attached hydrogens (tertiary/aromatic N) is 2. The number of rotatable bonds is 9. The standard InChI is InChI=1S/C42H73N3OSi/c1-29(43-41-34-19-9-5-15-30(34)27-31-16-6-10-20-35(31)41)38-23-13-24-39(44-38)40(25-14-26-46-47(2,3)4)45-42-36-21-11-7-17-32(36)28-33-18-8-12-22-37(33)42/h30-39,41-42,44H,5-28H2,1-4H3. The van der Waals surface area contributed by atoms with Crippen molar-refractivity contribution < 1.29 is 4.43 Å². The van der Waals surface area contributed by atoms with E-state index >= 15 is 0 Å². The lowest BCUT2D eigenvalue weighted by atomic mass is 9.57. The van der Waals surface area contributed by atoms with Crippen molar-refractivity contribution in [2.45, 2.75) is 198 Å². The second-order valence-corrected chi connectivity index (χ2v) is 23.5. The van der Waals surface area contributed by atoms with E-state index in [0.29, 0.717) is 24.2 Å². The fourth-order valence-electron chi connectivity index (χ4n) is 12.7. The van der Waals surface area contributed by atoms with Crippen molar-refractivity contribution in [1.29, 1.82) is 0 Å². The van der Waals surface area contributed by atoms with Gasteiger partial charge in [0.25, 0.3) is 0 Å². The fourth-order valence-corrected chi connectivity index (χ4v) is 13.5. The second-order valence-electron chi connectivity index (χ2n) is 18.9. The van der Waals surface area contributed by atoms with E-state index in [4.69, 9.17) is 14.4 Å². The van der Waals surface area contributed by atoms with Crippen LogP contribution in [0.5, 0.6) is 0 Å². The maximum Gasteiger partial charge on any atom is 0.183 e. The van der Waals surface area contributed by atoms with E-state index in [9.17, 15) is 0 Å². The molecule has 10 unspecified atom stereocenters. The molecule has 7 aliphatic rings. The van der Waals surface area contributed by atoms with Crippen molar-refractivity contribution in [3.05, 3.63) is 0 Å². The molecule has 7 rings (SSSR count). The Bertz CT molecular complexity index is 1040. The summed E-state index contributed by atoms with van der Waals surface area (Å²) in [5, 5.41) is 4.28. The van der Waals surface area contributed by atoms with Gasteiger partial charge in [0, 0.05) is 30.1 Å². The van der Waals surface area contributed by atoms with Crippen molar-refractivity contribution in [2.75, 3.05) is 6.61 Å². The van der Waals surface area contributed by atoms with E-state index in [1.807, 2.05) is 0 Å². The summed E-state index contributed by atoms with van der Waals surface area (Å²) in [6.45, 7) is 10.3. The van der Waals surface area contributed by atoms with Crippen LogP contribution in [-0.2, 0) is 4.43 Å². The number of fused-ring (bicyclic) bond motifs is 4. The highest BCUT2D eigenvalue weighted by atomic mass is 28.4. The molecule has 0 aromatic heterocycles. The molecule has 1 aliphatic heterocycles. The Hall–Kier alpha value is -0.523. The highest BCUT2D eigenvalue weighted by Gasteiger charge is 2.47. The summed E-state index contributed by atoms with van der Waals surface area (Å²) in [5.74, 6) is 7.20. The highest BCUT2D eigenvalue weighted by Crippen LogP contribution is 2.53. The molecule has 4 nitrogen and oxygen atoms in total. The van der Waals surface area contributed by atoms with Gasteiger partial charge < -0.3 is 9.74 Å². The van der Waals surface area contributed by atoms with Crippen molar-refractivity contribution in [3.8, 4) is 0 Å². The molecular formula is C42H73N3OSi. The first-order valence-corrected chi connectivity index (χ1v) is 24.8. The highest BCUT2D eigenvalue weighted by molar-refractivity contribution is 6.69. The molecule has 0 amide bonds. The van der Waals surface area contributed by atoms with Gasteiger partial charge >= 0.3 is 0 Å². The number of hydrogen-bond acceptors (Lipinski definition) is 4. The van der Waals surface area contributed by atoms with Gasteiger partial charge in [0.15, 0.2) is 8.32 Å². The summed E-state index contributed by atoms with van der Waals surface area (Å²) < 4.78 is 6.40. The van der Waals surface area contributed by atoms with E-state index in [1.54, 1.807) is 0 Å². The predicted molar refractivity (Wildman–Crippen MR) is 202 cm³/mol. The zero-order chi connectivity index (χ0) is 32.4. The van der Waals surface area contributed by atoms with Gasteiger partial charge in [-0.05, 0) is 145 Å². The quantitative estimate of drug-likeness (QED) is 0.152. The molecule has 6 saturated carbocycles. The van der Waals surface area contributed by atoms with Crippen LogP contribution >= 0.6 is 0 Å². The molecule has 1 heterocycles. The third-order valence-corrected chi connectivity index (χ3v) is 16.0. The van der Waals surface area contributed by atoms with Gasteiger partial charge in [-0.3, -0.25) is 9.98 Å². The first-order chi connectivity index (χ1) is 22.8. The summed E-state index contributed by atoms with van der Waals surface area (Å²) in [6.07, 6.45) is 32.4. The molecule has 0 radical (unpaired) electrons. The van der Waals surface area contributed by atoms with Crippen LogP contribution in [-0.4, -0.2) is 50.5 Å². The Balaban J connectivity index is 1.12. The predicted octanol–water partition coefficient (Wildman–Crippen LogP) is 10.8. The molecule has 5 heteroatoms. The Morgan fingerprint density at radius 2 is 1.02 bits per heavy atom. The van der Waals surface area contributed by atoms with Crippen molar-refractivity contribution in [1.82, 2.24) is 5.32 Å². The van der Waals surface area contributed by atoms with E-state index < -0.39 is 8.32 Å². The van der Waals surface area contributed by atoms with Gasteiger partial charge in [-0.15, -0.1) is 0 Å². The summed E-state index contributed by atoms with van der Waals surface area (Å²) in [6, 6.07) is 2.03. The smallest absolute Gasteiger partial charge is 0.183 e. The normalized spacial score (nSPS) is 43.3. The third-order valence-electron chi connectivity index (χ3n) is 14.9. The summed E-state index contributed by atoms with van der Waals surface area (Å²) >= 11 is 0. The zero-order valence-corrected chi connectivity index (χ0v) is 32.2. The van der Waals surface area contributed by atoms with Crippen LogP contribution in [0.1, 0.15) is 155 Å². The zero-order valence-electron chi connectivity index (χ0n) is 31.2. The largest absolute Gasteiger partial charge is 0.418 e. The minimum atomic E-state index is -1.50. The van der Waals surface area contributed by atoms with E-state index in [2.05, 4.69) is 31.9 Å². The van der Waals surface area contributed by atoms with Crippen molar-refractivity contribution in [2.24, 2.45) is 57.3 Å². The maximum atomic E-state index is 6.40. The van der Waals surface area contributed by atoms with Crippen LogP contribution in [0.25, 0.3) is 0 Å². The fraction of sp³-hybridized carbons (Fsp3) is 0.952. The maximum absolute atomic E-state index is 6.40. The van der Waals surface area contributed by atoms with Crippen LogP contribution in [0, 0.1) is 47.3 Å². The first kappa shape index (κ1) is 34.9. The number of aliphatic imine (C=N–C) groups is 2. The molecule has 1 N–H and O–H groups in total. The minimum absolute atomic E-state index is 0.424. The molecule has 10 atom stereocenters. The third kappa shape index (κ3) is 8.35. The summed E-state index contributed by atoms with van der Waals surface area (Å²) in [5.41, 5.74) is 2.97. The Morgan fingerprint density at radius 1 is 0.574 bits per heavy atom. The molecular weight excluding hydrogens is 591 g/mol. The second kappa shape index (κ2) is 15.8. The van der Waals surface area contributed by atoms with Crippen LogP contribution in [0.3, 0.4) is 0 Å². The van der Waals surface area contributed by atoms with Gasteiger partial charge in [-0.1, -0.05) is 77.0 Å². The molecule has 0 bridgehead atoms. The lowest BCUT2D eigenvalue weighted by molar-refractivity contribution is 0.0303. The van der Waals surface area contributed by atoms with E-state index in [-0.39, 0.29) is 0 Å². The van der Waals surface area contributed by atoms with Crippen molar-refractivity contribution >= 4 is 19.7 Å². The number of nitrogens with one attached hydrogen (secondary N) is 1. The minimum Gasteiger partial charge on any atom is -0.418 e. The molecule has 266 valence electrons. The first-order valence-electron chi connectivity index (χ1n) is 21.3. The average molecular weight is 664 g/mol. The number of piperidine rings is 1. The molecule has 0 aromatic carbocycles. The topological polar surface area (TPSA) is 46.0 Å². The molecule has 6 aliphatic carbocycles. The van der Waals surface area contributed by atoms with Gasteiger partial charge in [-0.2, -0.15) is 0 Å². The van der Waals surface area contributed by atoms with Crippen LogP contribution in [0.15, 0.2) is 9.98 Å². The van der Waals surface area contributed by atoms with Crippen LogP contribution < -0.4 is 5.32 Å². The average Bonchev–Trinajstić information content (AvgIpc) is 3.08. The SMILES string of the molecule is CC(=NC1C2CCCCC2CC2CCCCC21)C1CCCC(C(CCCO[Si](C)(C)C)=NC2C3CCCCC3CC3CCCCC32)N1. The summed E-state index contributed by atoms with van der Waals surface area (Å²) in [4.78, 5) is 11.9. The van der Waals surface area contributed by atoms with Crippen LogP contribution in [0.4, 0.5) is 0 Å². The number of hydrogen-bond donors (Lipinski definition) is 1. The van der Waals surface area contributed by atoms with Gasteiger partial charge in [-0.25, -0.2) is 0 Å². The lowest BCUT2D eigenvalue weighted by Crippen LogP contribution is -2.52. The molecule has 1 saturated heterocycles. The van der Waals surface area contributed by atoms with Gasteiger partial charge in [0.1, 0.15) is 0 Å². The Kier molecular flexibility index (Phi) is 11.7. The van der Waals surface area contributed by atoms with Crippen molar-refractivity contribution in [3.63, 3.8) is 0 Å². The van der Waals surface area contributed by atoms with Gasteiger partial charge in [0.2, 0.25) is 0 Å². The van der Waals surface area contributed by atoms with E-state index in [0.717, 1.165) is 66.8 Å². The van der Waals surface area contributed by atoms with Crippen LogP contribution in [0.2, 0.25) is 19.6 Å². The Morgan fingerprint density at radius 3 is 1.51 bits per heavy atom. The summed E-state index contributed by atoms with van der Waals surface area (Å²) in [7, 11) is -1.50. The molecule has 47 heavy (non-hydrogen) atoms. The van der Waals surface area contributed by atoms with E-state index in [1.165, 1.54) is 146 Å². The molecule has 0 spiro atoms. The van der Waals surface area contributed by atoms with Gasteiger partial charge in [0.05, 0.1) is 12.1 Å². The monoisotopic (exact) mass is 664 g/mol. The Labute approximate surface area is 291 Å².